The van der Waals surface area contributed by atoms with Gasteiger partial charge in [-0.1, -0.05) is 58.1 Å². The highest BCUT2D eigenvalue weighted by Crippen LogP contribution is 2.36. The topological polar surface area (TPSA) is 79.1 Å². The Kier molecular flexibility index (Phi) is 7.37. The van der Waals surface area contributed by atoms with E-state index in [0.717, 1.165) is 10.0 Å². The number of halogens is 1. The minimum Gasteiger partial charge on any atom is -0.493 e. The third kappa shape index (κ3) is 4.87. The van der Waals surface area contributed by atoms with Crippen LogP contribution in [0.5, 0.6) is 11.5 Å². The van der Waals surface area contributed by atoms with Crippen molar-refractivity contribution in [2.24, 2.45) is 4.99 Å². The molecule has 7 nitrogen and oxygen atoms in total. The number of fused-ring (bicyclic) bond motifs is 1. The number of ether oxygens (including phenoxy) is 3. The number of hydrogen-bond acceptors (Lipinski definition) is 7. The number of nitrogens with zero attached hydrogens (tertiary/aromatic N) is 2. The molecule has 0 amide bonds. The number of allylic oxidation sites excluding steroid dienone is 1. The molecule has 0 fully saturated rings. The van der Waals surface area contributed by atoms with E-state index in [1.54, 1.807) is 32.2 Å². The van der Waals surface area contributed by atoms with Gasteiger partial charge in [-0.2, -0.15) is 0 Å². The zero-order valence-electron chi connectivity index (χ0n) is 19.4. The van der Waals surface area contributed by atoms with E-state index in [4.69, 9.17) is 14.2 Å². The predicted octanol–water partition coefficient (Wildman–Crippen LogP) is 3.74. The Labute approximate surface area is 214 Å². The minimum absolute atomic E-state index is 0.0432. The highest BCUT2D eigenvalue weighted by molar-refractivity contribution is 9.10. The van der Waals surface area contributed by atoms with Crippen LogP contribution in [0.3, 0.4) is 0 Å². The van der Waals surface area contributed by atoms with E-state index in [9.17, 15) is 9.59 Å². The van der Waals surface area contributed by atoms with Crippen LogP contribution in [0, 0.1) is 0 Å². The largest absolute Gasteiger partial charge is 0.493 e. The quantitative estimate of drug-likeness (QED) is 0.328. The van der Waals surface area contributed by atoms with Gasteiger partial charge in [0.05, 0.1) is 36.1 Å². The molecule has 1 atom stereocenters. The van der Waals surface area contributed by atoms with Gasteiger partial charge in [-0.15, -0.1) is 0 Å². The van der Waals surface area contributed by atoms with Crippen LogP contribution in [0.4, 0.5) is 0 Å². The van der Waals surface area contributed by atoms with Crippen LogP contribution in [-0.4, -0.2) is 31.4 Å². The van der Waals surface area contributed by atoms with Crippen LogP contribution in [0.1, 0.15) is 24.1 Å². The van der Waals surface area contributed by atoms with E-state index >= 15 is 0 Å². The molecule has 9 heteroatoms. The summed E-state index contributed by atoms with van der Waals surface area (Å²) >= 11 is 4.73. The summed E-state index contributed by atoms with van der Waals surface area (Å²) in [4.78, 5) is 31.9. The number of carbonyl (C=O) groups is 1. The van der Waals surface area contributed by atoms with Crippen molar-refractivity contribution in [2.45, 2.75) is 13.0 Å². The van der Waals surface area contributed by atoms with E-state index in [1.807, 2.05) is 30.3 Å². The maximum atomic E-state index is 13.7. The summed E-state index contributed by atoms with van der Waals surface area (Å²) in [6, 6.07) is 12.2. The zero-order valence-corrected chi connectivity index (χ0v) is 21.8. The molecule has 2 heterocycles. The van der Waals surface area contributed by atoms with Crippen LogP contribution in [0.15, 0.2) is 80.6 Å². The third-order valence-corrected chi connectivity index (χ3v) is 6.92. The smallest absolute Gasteiger partial charge is 0.338 e. The molecule has 0 unspecified atom stereocenters. The fourth-order valence-electron chi connectivity index (χ4n) is 3.88. The van der Waals surface area contributed by atoms with Crippen LogP contribution < -0.4 is 24.4 Å². The van der Waals surface area contributed by atoms with Gasteiger partial charge in [0.2, 0.25) is 0 Å². The van der Waals surface area contributed by atoms with Crippen LogP contribution >= 0.6 is 27.3 Å². The molecule has 0 N–H and O–H groups in total. The first-order chi connectivity index (χ1) is 16.9. The predicted molar refractivity (Wildman–Crippen MR) is 139 cm³/mol. The Hall–Kier alpha value is -3.43. The lowest BCUT2D eigenvalue weighted by Crippen LogP contribution is -2.40. The molecule has 4 rings (SSSR count). The second-order valence-electron chi connectivity index (χ2n) is 7.64. The van der Waals surface area contributed by atoms with Crippen molar-refractivity contribution in [1.82, 2.24) is 4.57 Å². The highest BCUT2D eigenvalue weighted by Gasteiger charge is 2.34. The van der Waals surface area contributed by atoms with Crippen molar-refractivity contribution < 1.29 is 19.0 Å². The van der Waals surface area contributed by atoms with Crippen molar-refractivity contribution in [3.8, 4) is 11.5 Å². The molecule has 1 aliphatic rings. The standard InChI is InChI=1S/C26H23BrN2O5S/c1-5-11-34-25(31)22-15(2)28-26-29(23(22)17-9-10-19(32-3)20(14-17)33-4)24(30)21(35-26)13-16-7-6-8-18(27)12-16/h5-10,12-14,23H,1,11H2,2-4H3/b21-13-/t23-/m1/s1. The van der Waals surface area contributed by atoms with Gasteiger partial charge in [-0.3, -0.25) is 9.36 Å². The Morgan fingerprint density at radius 2 is 1.97 bits per heavy atom. The average molecular weight is 555 g/mol. The molecule has 0 radical (unpaired) electrons. The summed E-state index contributed by atoms with van der Waals surface area (Å²) < 4.78 is 19.2. The lowest BCUT2D eigenvalue weighted by Gasteiger charge is -2.25. The van der Waals surface area contributed by atoms with E-state index in [0.29, 0.717) is 32.1 Å². The van der Waals surface area contributed by atoms with Crippen LogP contribution in [-0.2, 0) is 9.53 Å². The number of rotatable bonds is 7. The normalized spacial score (nSPS) is 15.3. The molecular formula is C26H23BrN2O5S. The molecular weight excluding hydrogens is 532 g/mol. The van der Waals surface area contributed by atoms with E-state index in [2.05, 4.69) is 27.5 Å². The Bertz CT molecular complexity index is 1520. The van der Waals surface area contributed by atoms with Gasteiger partial charge in [-0.25, -0.2) is 9.79 Å². The first-order valence-corrected chi connectivity index (χ1v) is 12.3. The van der Waals surface area contributed by atoms with Crippen molar-refractivity contribution in [1.29, 1.82) is 0 Å². The summed E-state index contributed by atoms with van der Waals surface area (Å²) in [7, 11) is 3.08. The Morgan fingerprint density at radius 1 is 1.20 bits per heavy atom. The maximum Gasteiger partial charge on any atom is 0.338 e. The number of aromatic nitrogens is 1. The molecule has 180 valence electrons. The summed E-state index contributed by atoms with van der Waals surface area (Å²) in [6.07, 6.45) is 3.31. The maximum absolute atomic E-state index is 13.7. The fraction of sp³-hybridized carbons (Fsp3) is 0.192. The molecule has 3 aromatic rings. The number of benzene rings is 2. The number of thiazole rings is 1. The monoisotopic (exact) mass is 554 g/mol. The number of methoxy groups -OCH3 is 2. The first kappa shape index (κ1) is 24.7. The van der Waals surface area contributed by atoms with Gasteiger partial charge in [0.25, 0.3) is 5.56 Å². The molecule has 0 spiro atoms. The Balaban J connectivity index is 1.96. The van der Waals surface area contributed by atoms with Gasteiger partial charge in [0.15, 0.2) is 16.3 Å². The summed E-state index contributed by atoms with van der Waals surface area (Å²) in [5.41, 5.74) is 2.04. The number of hydrogen-bond donors (Lipinski definition) is 0. The lowest BCUT2D eigenvalue weighted by molar-refractivity contribution is -0.138. The number of esters is 1. The van der Waals surface area contributed by atoms with E-state index < -0.39 is 12.0 Å². The molecule has 0 bridgehead atoms. The van der Waals surface area contributed by atoms with Crippen molar-refractivity contribution in [3.05, 3.63) is 102 Å². The molecule has 0 saturated carbocycles. The number of carbonyl (C=O) groups excluding carboxylic acids is 1. The van der Waals surface area contributed by atoms with Gasteiger partial charge in [-0.05, 0) is 48.4 Å². The fourth-order valence-corrected chi connectivity index (χ4v) is 5.34. The molecule has 1 aromatic heterocycles. The minimum atomic E-state index is -0.756. The van der Waals surface area contributed by atoms with E-state index in [1.165, 1.54) is 29.1 Å². The highest BCUT2D eigenvalue weighted by atomic mass is 79.9. The lowest BCUT2D eigenvalue weighted by atomic mass is 9.95. The molecule has 2 aromatic carbocycles. The van der Waals surface area contributed by atoms with Crippen molar-refractivity contribution in [3.63, 3.8) is 0 Å². The SMILES string of the molecule is C=CCOC(=O)C1=C(C)N=c2s/c(=C\c3cccc(Br)c3)c(=O)n2[C@@H]1c1ccc(OC)c(OC)c1. The van der Waals surface area contributed by atoms with Gasteiger partial charge in [0.1, 0.15) is 6.61 Å². The second kappa shape index (κ2) is 10.5. The summed E-state index contributed by atoms with van der Waals surface area (Å²) in [5, 5.41) is 0. The van der Waals surface area contributed by atoms with Crippen LogP contribution in [0.2, 0.25) is 0 Å². The first-order valence-electron chi connectivity index (χ1n) is 10.7. The molecule has 1 aliphatic heterocycles. The van der Waals surface area contributed by atoms with Gasteiger partial charge >= 0.3 is 5.97 Å². The molecule has 35 heavy (non-hydrogen) atoms. The van der Waals surface area contributed by atoms with Gasteiger partial charge in [0, 0.05) is 4.47 Å². The second-order valence-corrected chi connectivity index (χ2v) is 9.56. The van der Waals surface area contributed by atoms with Crippen molar-refractivity contribution >= 4 is 39.3 Å². The summed E-state index contributed by atoms with van der Waals surface area (Å²) in [6.45, 7) is 5.39. The molecule has 0 aliphatic carbocycles. The zero-order chi connectivity index (χ0) is 25.1. The van der Waals surface area contributed by atoms with Crippen LogP contribution in [0.25, 0.3) is 6.08 Å². The van der Waals surface area contributed by atoms with Crippen molar-refractivity contribution in [2.75, 3.05) is 20.8 Å². The molecule has 0 saturated heterocycles. The third-order valence-electron chi connectivity index (χ3n) is 5.44. The average Bonchev–Trinajstić information content (AvgIpc) is 3.15. The van der Waals surface area contributed by atoms with Gasteiger partial charge < -0.3 is 14.2 Å². The van der Waals surface area contributed by atoms with E-state index in [-0.39, 0.29) is 17.7 Å². The summed E-state index contributed by atoms with van der Waals surface area (Å²) in [5.74, 6) is 0.455. The Morgan fingerprint density at radius 3 is 2.66 bits per heavy atom.